The highest BCUT2D eigenvalue weighted by Crippen LogP contribution is 2.15. The van der Waals surface area contributed by atoms with Crippen molar-refractivity contribution in [1.29, 1.82) is 0 Å². The second kappa shape index (κ2) is 14.0. The minimum atomic E-state index is -1.35. The third-order valence-corrected chi connectivity index (χ3v) is 5.64. The molecule has 6 N–H and O–H groups in total. The van der Waals surface area contributed by atoms with E-state index in [1.54, 1.807) is 18.3 Å². The SMILES string of the molecule is O=C(O)CC(NC(=O)CNC(=O)c1csc(NC(=O)NCc2ccccc2)n1)C(=O)NCc1cccnc1. The van der Waals surface area contributed by atoms with Crippen molar-refractivity contribution in [3.8, 4) is 0 Å². The van der Waals surface area contributed by atoms with Gasteiger partial charge in [-0.1, -0.05) is 36.4 Å². The average Bonchev–Trinajstić information content (AvgIpc) is 3.38. The number of thiazole rings is 1. The number of pyridine rings is 1. The lowest BCUT2D eigenvalue weighted by molar-refractivity contribution is -0.140. The molecule has 1 unspecified atom stereocenters. The second-order valence-corrected chi connectivity index (χ2v) is 8.67. The van der Waals surface area contributed by atoms with E-state index in [4.69, 9.17) is 5.11 Å². The zero-order valence-corrected chi connectivity index (χ0v) is 20.8. The first-order valence-electron chi connectivity index (χ1n) is 11.3. The van der Waals surface area contributed by atoms with Crippen molar-refractivity contribution in [2.45, 2.75) is 25.6 Å². The Bertz CT molecular complexity index is 1270. The van der Waals surface area contributed by atoms with Gasteiger partial charge in [0.1, 0.15) is 11.7 Å². The highest BCUT2D eigenvalue weighted by Gasteiger charge is 2.24. The van der Waals surface area contributed by atoms with E-state index in [-0.39, 0.29) is 17.4 Å². The number of rotatable bonds is 12. The third kappa shape index (κ3) is 9.31. The molecular formula is C24H25N7O6S. The van der Waals surface area contributed by atoms with E-state index < -0.39 is 48.7 Å². The maximum atomic E-state index is 12.4. The van der Waals surface area contributed by atoms with E-state index in [9.17, 15) is 24.0 Å². The Hall–Kier alpha value is -4.85. The van der Waals surface area contributed by atoms with Gasteiger partial charge in [0.15, 0.2) is 5.13 Å². The number of nitrogens with zero attached hydrogens (tertiary/aromatic N) is 2. The van der Waals surface area contributed by atoms with Crippen LogP contribution >= 0.6 is 11.3 Å². The van der Waals surface area contributed by atoms with Crippen LogP contribution in [0.5, 0.6) is 0 Å². The average molecular weight is 540 g/mol. The Morgan fingerprint density at radius 3 is 2.37 bits per heavy atom. The smallest absolute Gasteiger partial charge is 0.321 e. The molecular weight excluding hydrogens is 514 g/mol. The molecule has 0 fully saturated rings. The molecule has 0 saturated heterocycles. The normalized spacial score (nSPS) is 11.1. The topological polar surface area (TPSA) is 192 Å². The van der Waals surface area contributed by atoms with Gasteiger partial charge in [-0.25, -0.2) is 9.78 Å². The number of carboxylic acid groups (broad SMARTS) is 1. The quantitative estimate of drug-likeness (QED) is 0.195. The summed E-state index contributed by atoms with van der Waals surface area (Å²) in [6, 6.07) is 10.9. The molecule has 3 rings (SSSR count). The van der Waals surface area contributed by atoms with Gasteiger partial charge in [-0.05, 0) is 17.2 Å². The minimum Gasteiger partial charge on any atom is -0.481 e. The number of carboxylic acids is 1. The van der Waals surface area contributed by atoms with Gasteiger partial charge in [-0.3, -0.25) is 29.5 Å². The molecule has 2 aromatic heterocycles. The Morgan fingerprint density at radius 2 is 1.66 bits per heavy atom. The molecule has 5 amide bonds. The zero-order chi connectivity index (χ0) is 27.3. The number of carbonyl (C=O) groups is 5. The summed E-state index contributed by atoms with van der Waals surface area (Å²) in [5, 5.41) is 23.1. The van der Waals surface area contributed by atoms with Crippen molar-refractivity contribution in [3.63, 3.8) is 0 Å². The van der Waals surface area contributed by atoms with Gasteiger partial charge in [0.25, 0.3) is 5.91 Å². The lowest BCUT2D eigenvalue weighted by Crippen LogP contribution is -2.50. The zero-order valence-electron chi connectivity index (χ0n) is 20.0. The number of amides is 5. The lowest BCUT2D eigenvalue weighted by atomic mass is 10.2. The van der Waals surface area contributed by atoms with E-state index in [1.807, 2.05) is 30.3 Å². The largest absolute Gasteiger partial charge is 0.481 e. The number of hydrogen-bond donors (Lipinski definition) is 6. The Labute approximate surface area is 221 Å². The molecule has 1 atom stereocenters. The highest BCUT2D eigenvalue weighted by molar-refractivity contribution is 7.14. The summed E-state index contributed by atoms with van der Waals surface area (Å²) in [5.74, 6) is -3.44. The van der Waals surface area contributed by atoms with Crippen LogP contribution in [0.15, 0.2) is 60.2 Å². The summed E-state index contributed by atoms with van der Waals surface area (Å²) in [5.41, 5.74) is 1.58. The molecule has 14 heteroatoms. The van der Waals surface area contributed by atoms with Gasteiger partial charge in [0.05, 0.1) is 13.0 Å². The molecule has 2 heterocycles. The summed E-state index contributed by atoms with van der Waals surface area (Å²) in [6.07, 6.45) is 2.46. The molecule has 198 valence electrons. The Morgan fingerprint density at radius 1 is 0.921 bits per heavy atom. The number of aliphatic carboxylic acids is 1. The van der Waals surface area contributed by atoms with Crippen LogP contribution in [0.2, 0.25) is 0 Å². The first kappa shape index (κ1) is 27.7. The maximum Gasteiger partial charge on any atom is 0.321 e. The molecule has 13 nitrogen and oxygen atoms in total. The number of benzene rings is 1. The summed E-state index contributed by atoms with van der Waals surface area (Å²) < 4.78 is 0. The molecule has 0 radical (unpaired) electrons. The molecule has 0 bridgehead atoms. The van der Waals surface area contributed by atoms with Crippen LogP contribution in [0.4, 0.5) is 9.93 Å². The first-order chi connectivity index (χ1) is 18.3. The first-order valence-corrected chi connectivity index (χ1v) is 12.2. The predicted molar refractivity (Wildman–Crippen MR) is 137 cm³/mol. The van der Waals surface area contributed by atoms with Crippen LogP contribution in [0.3, 0.4) is 0 Å². The Kier molecular flexibility index (Phi) is 10.2. The van der Waals surface area contributed by atoms with Crippen molar-refractivity contribution < 1.29 is 29.1 Å². The van der Waals surface area contributed by atoms with Crippen molar-refractivity contribution in [1.82, 2.24) is 31.2 Å². The standard InChI is InChI=1S/C24H25N7O6S/c32-19(29-17(9-20(33)34)21(35)26-12-16-7-4-8-25-10-16)13-27-22(36)18-14-38-24(30-18)31-23(37)28-11-15-5-2-1-3-6-15/h1-8,10,14,17H,9,11-13H2,(H,26,35)(H,27,36)(H,29,32)(H,33,34)(H2,28,30,31,37). The number of anilines is 1. The predicted octanol–water partition coefficient (Wildman–Crippen LogP) is 0.866. The lowest BCUT2D eigenvalue weighted by Gasteiger charge is -2.17. The number of urea groups is 1. The van der Waals surface area contributed by atoms with E-state index in [0.717, 1.165) is 16.9 Å². The minimum absolute atomic E-state index is 0.0301. The monoisotopic (exact) mass is 539 g/mol. The van der Waals surface area contributed by atoms with Gasteiger partial charge in [-0.15, -0.1) is 11.3 Å². The molecule has 0 aliphatic carbocycles. The number of aromatic nitrogens is 2. The van der Waals surface area contributed by atoms with Crippen LogP contribution in [0, 0.1) is 0 Å². The summed E-state index contributed by atoms with van der Waals surface area (Å²) in [7, 11) is 0. The number of hydrogen-bond acceptors (Lipinski definition) is 8. The van der Waals surface area contributed by atoms with Crippen LogP contribution in [0.25, 0.3) is 0 Å². The van der Waals surface area contributed by atoms with Crippen molar-refractivity contribution in [2.24, 2.45) is 0 Å². The van der Waals surface area contributed by atoms with Crippen molar-refractivity contribution in [2.75, 3.05) is 11.9 Å². The molecule has 0 aliphatic rings. The van der Waals surface area contributed by atoms with Gasteiger partial charge in [0, 0.05) is 30.9 Å². The maximum absolute atomic E-state index is 12.4. The molecule has 0 spiro atoms. The highest BCUT2D eigenvalue weighted by atomic mass is 32.1. The van der Waals surface area contributed by atoms with Crippen molar-refractivity contribution in [3.05, 3.63) is 77.1 Å². The van der Waals surface area contributed by atoms with Gasteiger partial charge in [0.2, 0.25) is 11.8 Å². The Balaban J connectivity index is 1.44. The number of carbonyl (C=O) groups excluding carboxylic acids is 4. The number of nitrogens with one attached hydrogen (secondary N) is 5. The third-order valence-electron chi connectivity index (χ3n) is 4.88. The van der Waals surface area contributed by atoms with Crippen LogP contribution < -0.4 is 26.6 Å². The summed E-state index contributed by atoms with van der Waals surface area (Å²) in [4.78, 5) is 68.2. The van der Waals surface area contributed by atoms with Crippen LogP contribution in [-0.2, 0) is 27.5 Å². The van der Waals surface area contributed by atoms with Crippen molar-refractivity contribution >= 4 is 46.2 Å². The fourth-order valence-electron chi connectivity index (χ4n) is 3.05. The summed E-state index contributed by atoms with van der Waals surface area (Å²) in [6.45, 7) is -0.118. The van der Waals surface area contributed by atoms with Crippen LogP contribution in [0.1, 0.15) is 28.0 Å². The van der Waals surface area contributed by atoms with Crippen LogP contribution in [-0.4, -0.2) is 57.4 Å². The van der Waals surface area contributed by atoms with Gasteiger partial charge in [-0.2, -0.15) is 0 Å². The van der Waals surface area contributed by atoms with E-state index in [0.29, 0.717) is 12.1 Å². The fraction of sp³-hybridized carbons (Fsp3) is 0.208. The molecule has 1 aromatic carbocycles. The summed E-state index contributed by atoms with van der Waals surface area (Å²) >= 11 is 1.02. The van der Waals surface area contributed by atoms with E-state index >= 15 is 0 Å². The van der Waals surface area contributed by atoms with E-state index in [2.05, 4.69) is 36.6 Å². The van der Waals surface area contributed by atoms with Gasteiger partial charge >= 0.3 is 12.0 Å². The fourth-order valence-corrected chi connectivity index (χ4v) is 3.74. The van der Waals surface area contributed by atoms with Gasteiger partial charge < -0.3 is 26.4 Å². The second-order valence-electron chi connectivity index (χ2n) is 7.81. The van der Waals surface area contributed by atoms with E-state index in [1.165, 1.54) is 11.6 Å². The molecule has 0 saturated carbocycles. The molecule has 0 aliphatic heterocycles. The molecule has 38 heavy (non-hydrogen) atoms. The molecule has 3 aromatic rings.